The molecule has 0 aliphatic rings. The number of rotatable bonds is 2. The number of nitriles is 1. The van der Waals surface area contributed by atoms with Gasteiger partial charge >= 0.3 is 0 Å². The van der Waals surface area contributed by atoms with Gasteiger partial charge in [0.05, 0.1) is 27.8 Å². The Labute approximate surface area is 135 Å². The summed E-state index contributed by atoms with van der Waals surface area (Å²) in [7, 11) is 0. The first kappa shape index (κ1) is 14.3. The van der Waals surface area contributed by atoms with Crippen molar-refractivity contribution in [2.75, 3.05) is 0 Å². The standard InChI is InChI=1S/C14H7Cl2IN2/c15-12-3-2-10(8-13(12)16)14-11(9-18)4-7-19(14)6-1-5-17/h2-4,7-8H,6H2. The van der Waals surface area contributed by atoms with Crippen LogP contribution in [-0.4, -0.2) is 4.57 Å². The van der Waals surface area contributed by atoms with Crippen LogP contribution >= 0.6 is 45.8 Å². The van der Waals surface area contributed by atoms with E-state index in [1.165, 1.54) is 0 Å². The van der Waals surface area contributed by atoms with E-state index in [0.717, 1.165) is 11.3 Å². The van der Waals surface area contributed by atoms with Crippen LogP contribution in [0.3, 0.4) is 0 Å². The number of benzene rings is 1. The average molecular weight is 401 g/mol. The van der Waals surface area contributed by atoms with E-state index in [1.807, 2.05) is 39.4 Å². The summed E-state index contributed by atoms with van der Waals surface area (Å²) in [4.78, 5) is 0. The van der Waals surface area contributed by atoms with E-state index in [1.54, 1.807) is 18.2 Å². The van der Waals surface area contributed by atoms with Gasteiger partial charge < -0.3 is 4.57 Å². The van der Waals surface area contributed by atoms with Crippen LogP contribution in [0.15, 0.2) is 30.5 Å². The summed E-state index contributed by atoms with van der Waals surface area (Å²) < 4.78 is 4.73. The fourth-order valence-electron chi connectivity index (χ4n) is 1.77. The zero-order valence-corrected chi connectivity index (χ0v) is 13.3. The second kappa shape index (κ2) is 6.34. The minimum atomic E-state index is 0.468. The molecule has 0 atom stereocenters. The van der Waals surface area contributed by atoms with Crippen molar-refractivity contribution in [1.29, 1.82) is 5.26 Å². The molecule has 0 amide bonds. The summed E-state index contributed by atoms with van der Waals surface area (Å²) in [6.07, 6.45) is 1.84. The second-order valence-corrected chi connectivity index (χ2v) is 5.07. The summed E-state index contributed by atoms with van der Waals surface area (Å²) in [6.45, 7) is 0.528. The van der Waals surface area contributed by atoms with E-state index >= 15 is 0 Å². The predicted octanol–water partition coefficient (Wildman–Crippen LogP) is 4.73. The van der Waals surface area contributed by atoms with E-state index in [4.69, 9.17) is 23.2 Å². The van der Waals surface area contributed by atoms with E-state index in [2.05, 4.69) is 15.9 Å². The van der Waals surface area contributed by atoms with Crippen molar-refractivity contribution >= 4 is 45.8 Å². The zero-order chi connectivity index (χ0) is 13.8. The molecule has 2 nitrogen and oxygen atoms in total. The SMILES string of the molecule is N#Cc1ccn(CC#CI)c1-c1ccc(Cl)c(Cl)c1. The Balaban J connectivity index is 2.57. The van der Waals surface area contributed by atoms with Crippen molar-refractivity contribution in [2.24, 2.45) is 0 Å². The molecule has 94 valence electrons. The number of halogens is 3. The molecule has 0 saturated heterocycles. The van der Waals surface area contributed by atoms with Gasteiger partial charge in [-0.05, 0) is 22.1 Å². The van der Waals surface area contributed by atoms with Crippen LogP contribution in [0.2, 0.25) is 10.0 Å². The third-order valence-corrected chi connectivity index (χ3v) is 3.71. The van der Waals surface area contributed by atoms with Crippen LogP contribution in [0, 0.1) is 21.2 Å². The smallest absolute Gasteiger partial charge is 0.101 e. The molecule has 0 N–H and O–H groups in total. The minimum absolute atomic E-state index is 0.468. The Kier molecular flexibility index (Phi) is 4.76. The maximum absolute atomic E-state index is 9.18. The summed E-state index contributed by atoms with van der Waals surface area (Å²) in [5.41, 5.74) is 2.25. The number of hydrogen-bond donors (Lipinski definition) is 0. The monoisotopic (exact) mass is 400 g/mol. The van der Waals surface area contributed by atoms with Gasteiger partial charge in [-0.2, -0.15) is 5.26 Å². The lowest BCUT2D eigenvalue weighted by atomic mass is 10.1. The largest absolute Gasteiger partial charge is 0.335 e. The van der Waals surface area contributed by atoms with Gasteiger partial charge in [0, 0.05) is 34.4 Å². The molecule has 2 aromatic rings. The Morgan fingerprint density at radius 2 is 2.00 bits per heavy atom. The summed E-state index contributed by atoms with van der Waals surface area (Å²) >= 11 is 13.9. The summed E-state index contributed by atoms with van der Waals surface area (Å²) in [5.74, 6) is 2.97. The molecule has 1 heterocycles. The van der Waals surface area contributed by atoms with Gasteiger partial charge in [0.15, 0.2) is 0 Å². The van der Waals surface area contributed by atoms with Gasteiger partial charge in [-0.15, -0.1) is 0 Å². The van der Waals surface area contributed by atoms with Gasteiger partial charge in [0.1, 0.15) is 6.07 Å². The van der Waals surface area contributed by atoms with Gasteiger partial charge in [-0.25, -0.2) is 0 Å². The molecule has 0 spiro atoms. The highest BCUT2D eigenvalue weighted by Gasteiger charge is 2.12. The Hall–Kier alpha value is -1.14. The first-order chi connectivity index (χ1) is 9.17. The first-order valence-corrected chi connectivity index (χ1v) is 7.14. The van der Waals surface area contributed by atoms with Gasteiger partial charge in [0.2, 0.25) is 0 Å². The van der Waals surface area contributed by atoms with Crippen LogP contribution in [0.5, 0.6) is 0 Å². The van der Waals surface area contributed by atoms with Crippen LogP contribution in [-0.2, 0) is 6.54 Å². The molecule has 5 heteroatoms. The molecule has 19 heavy (non-hydrogen) atoms. The molecular weight excluding hydrogens is 394 g/mol. The Morgan fingerprint density at radius 1 is 1.21 bits per heavy atom. The maximum atomic E-state index is 9.18. The van der Waals surface area contributed by atoms with E-state index in [9.17, 15) is 5.26 Å². The Morgan fingerprint density at radius 3 is 2.63 bits per heavy atom. The van der Waals surface area contributed by atoms with Gasteiger partial charge in [-0.1, -0.05) is 35.2 Å². The molecule has 0 radical (unpaired) electrons. The molecule has 0 aliphatic heterocycles. The average Bonchev–Trinajstić information content (AvgIpc) is 2.82. The fourth-order valence-corrected chi connectivity index (χ4v) is 2.24. The van der Waals surface area contributed by atoms with Crippen LogP contribution in [0.1, 0.15) is 5.56 Å². The second-order valence-electron chi connectivity index (χ2n) is 3.72. The highest BCUT2D eigenvalue weighted by atomic mass is 127. The molecule has 1 aromatic heterocycles. The molecule has 0 unspecified atom stereocenters. The summed E-state index contributed by atoms with van der Waals surface area (Å²) in [6, 6.07) is 9.28. The van der Waals surface area contributed by atoms with E-state index < -0.39 is 0 Å². The first-order valence-electron chi connectivity index (χ1n) is 5.30. The third kappa shape index (κ3) is 3.06. The molecule has 2 rings (SSSR count). The van der Waals surface area contributed by atoms with Gasteiger partial charge in [-0.3, -0.25) is 0 Å². The lowest BCUT2D eigenvalue weighted by Crippen LogP contribution is -1.97. The molecule has 0 bridgehead atoms. The molecule has 0 aliphatic carbocycles. The molecule has 0 saturated carbocycles. The van der Waals surface area contributed by atoms with E-state index in [0.29, 0.717) is 22.2 Å². The quantitative estimate of drug-likeness (QED) is 0.529. The highest BCUT2D eigenvalue weighted by Crippen LogP contribution is 2.30. The van der Waals surface area contributed by atoms with Crippen molar-refractivity contribution in [3.63, 3.8) is 0 Å². The highest BCUT2D eigenvalue weighted by molar-refractivity contribution is 14.1. The maximum Gasteiger partial charge on any atom is 0.101 e. The third-order valence-electron chi connectivity index (χ3n) is 2.59. The Bertz CT molecular complexity index is 717. The zero-order valence-electron chi connectivity index (χ0n) is 9.62. The van der Waals surface area contributed by atoms with Crippen LogP contribution < -0.4 is 0 Å². The molecular formula is C14H7Cl2IN2. The van der Waals surface area contributed by atoms with Crippen molar-refractivity contribution in [2.45, 2.75) is 6.54 Å². The molecule has 1 aromatic carbocycles. The normalized spacial score (nSPS) is 9.58. The lowest BCUT2D eigenvalue weighted by molar-refractivity contribution is 0.859. The van der Waals surface area contributed by atoms with Crippen LogP contribution in [0.4, 0.5) is 0 Å². The molecule has 0 fully saturated rings. The number of hydrogen-bond acceptors (Lipinski definition) is 1. The number of aromatic nitrogens is 1. The summed E-state index contributed by atoms with van der Waals surface area (Å²) in [5, 5.41) is 10.1. The van der Waals surface area contributed by atoms with Crippen molar-refractivity contribution < 1.29 is 0 Å². The van der Waals surface area contributed by atoms with Crippen molar-refractivity contribution in [3.05, 3.63) is 46.1 Å². The minimum Gasteiger partial charge on any atom is -0.335 e. The number of nitrogens with zero attached hydrogens (tertiary/aromatic N) is 2. The predicted molar refractivity (Wildman–Crippen MR) is 86.4 cm³/mol. The van der Waals surface area contributed by atoms with Crippen molar-refractivity contribution in [3.8, 4) is 27.2 Å². The lowest BCUT2D eigenvalue weighted by Gasteiger charge is -2.08. The van der Waals surface area contributed by atoms with Crippen molar-refractivity contribution in [1.82, 2.24) is 4.57 Å². The van der Waals surface area contributed by atoms with Crippen LogP contribution in [0.25, 0.3) is 11.3 Å². The fraction of sp³-hybridized carbons (Fsp3) is 0.0714. The topological polar surface area (TPSA) is 28.7 Å². The van der Waals surface area contributed by atoms with Gasteiger partial charge in [0.25, 0.3) is 0 Å². The van der Waals surface area contributed by atoms with E-state index in [-0.39, 0.29) is 0 Å².